The summed E-state index contributed by atoms with van der Waals surface area (Å²) in [5, 5.41) is 14.0. The third kappa shape index (κ3) is 8.35. The number of nitrogens with zero attached hydrogens (tertiary/aromatic N) is 4. The predicted octanol–water partition coefficient (Wildman–Crippen LogP) is 5.55. The Hall–Kier alpha value is -4.36. The molecule has 0 aliphatic heterocycles. The van der Waals surface area contributed by atoms with Gasteiger partial charge in [0.05, 0.1) is 26.0 Å². The largest absolute Gasteiger partial charge is 0.496 e. The van der Waals surface area contributed by atoms with Crippen LogP contribution in [0, 0.1) is 11.3 Å². The fraction of sp³-hybridized carbons (Fsp3) is 0.296. The molecule has 0 aliphatic carbocycles. The number of alkyl halides is 1. The van der Waals surface area contributed by atoms with Gasteiger partial charge in [-0.15, -0.1) is 0 Å². The molecular weight excluding hydrogens is 508 g/mol. The van der Waals surface area contributed by atoms with Gasteiger partial charge in [-0.1, -0.05) is 41.9 Å². The molecule has 10 nitrogen and oxygen atoms in total. The molecule has 1 unspecified atom stereocenters. The molecule has 198 valence electrons. The maximum atomic E-state index is 13.1. The highest BCUT2D eigenvalue weighted by Gasteiger charge is 2.28. The van der Waals surface area contributed by atoms with Crippen molar-refractivity contribution in [2.24, 2.45) is 0 Å². The van der Waals surface area contributed by atoms with Crippen molar-refractivity contribution in [2.75, 3.05) is 17.7 Å². The van der Waals surface area contributed by atoms with Gasteiger partial charge in [0.1, 0.15) is 22.9 Å². The van der Waals surface area contributed by atoms with Gasteiger partial charge in [-0.3, -0.25) is 10.2 Å². The number of halogens is 1. The lowest BCUT2D eigenvalue weighted by molar-refractivity contribution is 0.0204. The van der Waals surface area contributed by atoms with Crippen LogP contribution in [0.25, 0.3) is 0 Å². The van der Waals surface area contributed by atoms with E-state index in [2.05, 4.69) is 20.6 Å². The first-order valence-electron chi connectivity index (χ1n) is 11.7. The lowest BCUT2D eigenvalue weighted by atomic mass is 10.1. The van der Waals surface area contributed by atoms with Crippen molar-refractivity contribution in [2.45, 2.75) is 44.8 Å². The van der Waals surface area contributed by atoms with Crippen LogP contribution in [0.2, 0.25) is 0 Å². The molecule has 0 saturated carbocycles. The minimum Gasteiger partial charge on any atom is -0.496 e. The number of amides is 3. The van der Waals surface area contributed by atoms with Gasteiger partial charge in [-0.25, -0.2) is 19.6 Å². The zero-order valence-corrected chi connectivity index (χ0v) is 22.3. The number of para-hydroxylation sites is 1. The molecule has 2 aromatic carbocycles. The molecule has 0 spiro atoms. The van der Waals surface area contributed by atoms with Crippen LogP contribution in [0.4, 0.5) is 21.1 Å². The van der Waals surface area contributed by atoms with E-state index >= 15 is 0 Å². The maximum Gasteiger partial charge on any atom is 0.411 e. The van der Waals surface area contributed by atoms with Gasteiger partial charge in [-0.2, -0.15) is 5.26 Å². The van der Waals surface area contributed by atoms with Crippen molar-refractivity contribution in [1.29, 1.82) is 5.26 Å². The number of aromatic nitrogens is 2. The number of hydrogen-bond acceptors (Lipinski definition) is 7. The summed E-state index contributed by atoms with van der Waals surface area (Å²) in [6.45, 7) is 5.59. The monoisotopic (exact) mass is 536 g/mol. The van der Waals surface area contributed by atoms with Crippen LogP contribution in [0.3, 0.4) is 0 Å². The molecule has 1 aromatic heterocycles. The molecule has 2 N–H and O–H groups in total. The Morgan fingerprint density at radius 3 is 2.39 bits per heavy atom. The van der Waals surface area contributed by atoms with E-state index in [0.717, 1.165) is 11.1 Å². The molecule has 1 heterocycles. The number of nitrogens with one attached hydrogen (secondary N) is 2. The Balaban J connectivity index is 1.67. The highest BCUT2D eigenvalue weighted by molar-refractivity contribution is 6.21. The van der Waals surface area contributed by atoms with Gasteiger partial charge in [0.25, 0.3) is 0 Å². The van der Waals surface area contributed by atoms with Crippen molar-refractivity contribution in [1.82, 2.24) is 14.9 Å². The van der Waals surface area contributed by atoms with E-state index in [9.17, 15) is 9.59 Å². The maximum absolute atomic E-state index is 13.1. The SMILES string of the molecule is COc1ccccc1CN(C(=O)OC(C)(C)C)C(Cl)Cc1ccc(NC(=O)Nc2cnc(C#N)cn2)cc1. The van der Waals surface area contributed by atoms with Crippen molar-refractivity contribution in [3.8, 4) is 11.8 Å². The van der Waals surface area contributed by atoms with E-state index in [1.807, 2.05) is 42.5 Å². The smallest absolute Gasteiger partial charge is 0.411 e. The van der Waals surface area contributed by atoms with Crippen molar-refractivity contribution >= 4 is 35.2 Å². The summed E-state index contributed by atoms with van der Waals surface area (Å²) in [7, 11) is 1.57. The molecule has 3 aromatic rings. The second-order valence-corrected chi connectivity index (χ2v) is 9.74. The average molecular weight is 537 g/mol. The van der Waals surface area contributed by atoms with Crippen LogP contribution in [0.1, 0.15) is 37.6 Å². The van der Waals surface area contributed by atoms with Crippen molar-refractivity contribution in [3.05, 3.63) is 77.7 Å². The lowest BCUT2D eigenvalue weighted by Gasteiger charge is -2.31. The van der Waals surface area contributed by atoms with E-state index in [-0.39, 0.29) is 18.1 Å². The summed E-state index contributed by atoms with van der Waals surface area (Å²) in [6.07, 6.45) is 2.36. The van der Waals surface area contributed by atoms with Gasteiger partial charge in [0.2, 0.25) is 0 Å². The standard InChI is InChI=1S/C27H29ClN6O4/c1-27(2,3)38-26(36)34(17-19-7-5-6-8-22(19)37-4)23(28)13-18-9-11-20(12-10-18)32-25(35)33-24-16-30-21(14-29)15-31-24/h5-12,15-16,23H,13,17H2,1-4H3,(H2,31,32,33,35). The van der Waals surface area contributed by atoms with Gasteiger partial charge in [-0.05, 0) is 44.5 Å². The number of rotatable bonds is 8. The summed E-state index contributed by atoms with van der Waals surface area (Å²) >= 11 is 6.76. The average Bonchev–Trinajstić information content (AvgIpc) is 2.88. The molecule has 0 radical (unpaired) electrons. The summed E-state index contributed by atoms with van der Waals surface area (Å²) in [5.74, 6) is 0.853. The highest BCUT2D eigenvalue weighted by atomic mass is 35.5. The molecular formula is C27H29ClN6O4. The van der Waals surface area contributed by atoms with E-state index in [0.29, 0.717) is 17.9 Å². The number of anilines is 2. The topological polar surface area (TPSA) is 129 Å². The Morgan fingerprint density at radius 1 is 1.08 bits per heavy atom. The summed E-state index contributed by atoms with van der Waals surface area (Å²) in [4.78, 5) is 34.6. The third-order valence-electron chi connectivity index (χ3n) is 5.12. The van der Waals surface area contributed by atoms with E-state index in [1.54, 1.807) is 40.0 Å². The number of urea groups is 1. The molecule has 0 fully saturated rings. The first kappa shape index (κ1) is 28.2. The molecule has 11 heteroatoms. The molecule has 0 aliphatic rings. The number of ether oxygens (including phenoxy) is 2. The molecule has 0 bridgehead atoms. The second-order valence-electron chi connectivity index (χ2n) is 9.23. The minimum absolute atomic E-state index is 0.150. The Labute approximate surface area is 226 Å². The van der Waals surface area contributed by atoms with Gasteiger partial charge in [0.15, 0.2) is 11.5 Å². The van der Waals surface area contributed by atoms with Crippen LogP contribution < -0.4 is 15.4 Å². The third-order valence-corrected chi connectivity index (χ3v) is 5.51. The Kier molecular flexibility index (Phi) is 9.46. The number of benzene rings is 2. The van der Waals surface area contributed by atoms with Crippen LogP contribution in [-0.4, -0.2) is 45.2 Å². The van der Waals surface area contributed by atoms with Crippen LogP contribution >= 0.6 is 11.6 Å². The molecule has 0 saturated heterocycles. The number of hydrogen-bond donors (Lipinski definition) is 2. The normalized spacial score (nSPS) is 11.6. The molecule has 3 rings (SSSR count). The number of carbonyl (C=O) groups is 2. The molecule has 38 heavy (non-hydrogen) atoms. The van der Waals surface area contributed by atoms with Crippen molar-refractivity contribution in [3.63, 3.8) is 0 Å². The summed E-state index contributed by atoms with van der Waals surface area (Å²) in [5.41, 5.74) is 0.928. The van der Waals surface area contributed by atoms with E-state index in [1.165, 1.54) is 17.3 Å². The van der Waals surface area contributed by atoms with Gasteiger partial charge >= 0.3 is 12.1 Å². The fourth-order valence-electron chi connectivity index (χ4n) is 3.37. The first-order valence-corrected chi connectivity index (χ1v) is 12.2. The zero-order valence-electron chi connectivity index (χ0n) is 21.6. The Morgan fingerprint density at radius 2 is 1.79 bits per heavy atom. The minimum atomic E-state index is -0.716. The number of nitriles is 1. The van der Waals surface area contributed by atoms with Crippen LogP contribution in [0.15, 0.2) is 60.9 Å². The number of carbonyl (C=O) groups excluding carboxylic acids is 2. The van der Waals surface area contributed by atoms with Crippen LogP contribution in [0.5, 0.6) is 5.75 Å². The van der Waals surface area contributed by atoms with Crippen LogP contribution in [-0.2, 0) is 17.7 Å². The highest BCUT2D eigenvalue weighted by Crippen LogP contribution is 2.25. The van der Waals surface area contributed by atoms with E-state index in [4.69, 9.17) is 26.3 Å². The second kappa shape index (κ2) is 12.7. The lowest BCUT2D eigenvalue weighted by Crippen LogP contribution is -2.41. The Bertz CT molecular complexity index is 1290. The summed E-state index contributed by atoms with van der Waals surface area (Å²) < 4.78 is 11.0. The zero-order chi connectivity index (χ0) is 27.7. The predicted molar refractivity (Wildman–Crippen MR) is 144 cm³/mol. The fourth-order valence-corrected chi connectivity index (χ4v) is 3.70. The quantitative estimate of drug-likeness (QED) is 0.285. The molecule has 1 atom stereocenters. The number of methoxy groups -OCH3 is 1. The molecule has 3 amide bonds. The van der Waals surface area contributed by atoms with E-state index < -0.39 is 23.2 Å². The van der Waals surface area contributed by atoms with Gasteiger partial charge in [0, 0.05) is 17.7 Å². The van der Waals surface area contributed by atoms with Gasteiger partial charge < -0.3 is 14.8 Å². The summed E-state index contributed by atoms with van der Waals surface area (Å²) in [6, 6.07) is 15.8. The first-order chi connectivity index (χ1) is 18.1. The van der Waals surface area contributed by atoms with Crippen molar-refractivity contribution < 1.29 is 19.1 Å².